The molecule has 0 heterocycles. The van der Waals surface area contributed by atoms with Crippen LogP contribution in [0.3, 0.4) is 0 Å². The molecule has 0 radical (unpaired) electrons. The molecule has 0 saturated heterocycles. The average Bonchev–Trinajstić information content (AvgIpc) is 2.31. The van der Waals surface area contributed by atoms with E-state index in [0.29, 0.717) is 0 Å². The van der Waals surface area contributed by atoms with Gasteiger partial charge in [-0.1, -0.05) is 42.5 Å². The van der Waals surface area contributed by atoms with E-state index in [4.69, 9.17) is 5.84 Å². The van der Waals surface area contributed by atoms with Crippen LogP contribution in [0.5, 0.6) is 0 Å². The molecule has 0 fully saturated rings. The zero-order chi connectivity index (χ0) is 11.4. The Morgan fingerprint density at radius 2 is 1.62 bits per heavy atom. The van der Waals surface area contributed by atoms with Gasteiger partial charge in [-0.2, -0.15) is 0 Å². The Morgan fingerprint density at radius 3 is 2.25 bits per heavy atom. The van der Waals surface area contributed by atoms with Crippen molar-refractivity contribution in [3.8, 4) is 0 Å². The summed E-state index contributed by atoms with van der Waals surface area (Å²) in [5, 5.41) is 0. The fourth-order valence-electron chi connectivity index (χ4n) is 1.72. The fraction of sp³-hybridized carbons (Fsp3) is 0.0769. The second-order valence-corrected chi connectivity index (χ2v) is 3.57. The van der Waals surface area contributed by atoms with Crippen molar-refractivity contribution in [3.63, 3.8) is 0 Å². The van der Waals surface area contributed by atoms with E-state index in [9.17, 15) is 4.39 Å². The van der Waals surface area contributed by atoms with Crippen molar-refractivity contribution < 1.29 is 4.39 Å². The summed E-state index contributed by atoms with van der Waals surface area (Å²) in [6, 6.07) is 15.9. The molecule has 0 aromatic heterocycles. The number of hydrogen-bond acceptors (Lipinski definition) is 2. The normalized spacial score (nSPS) is 12.4. The summed E-state index contributed by atoms with van der Waals surface area (Å²) in [7, 11) is 0. The van der Waals surface area contributed by atoms with Gasteiger partial charge in [0.25, 0.3) is 0 Å². The molecule has 0 aliphatic rings. The topological polar surface area (TPSA) is 38.0 Å². The maximum atomic E-state index is 13.1. The van der Waals surface area contributed by atoms with Crippen LogP contribution >= 0.6 is 0 Å². The van der Waals surface area contributed by atoms with E-state index >= 15 is 0 Å². The highest BCUT2D eigenvalue weighted by Crippen LogP contribution is 2.21. The molecule has 0 amide bonds. The molecule has 0 aliphatic heterocycles. The van der Waals surface area contributed by atoms with Crippen LogP contribution in [0.1, 0.15) is 17.2 Å². The molecule has 2 aromatic carbocycles. The van der Waals surface area contributed by atoms with Crippen LogP contribution in [0.25, 0.3) is 0 Å². The zero-order valence-electron chi connectivity index (χ0n) is 8.73. The Kier molecular flexibility index (Phi) is 3.29. The van der Waals surface area contributed by atoms with Gasteiger partial charge < -0.3 is 0 Å². The SMILES string of the molecule is NN[C@@H](c1ccccc1)c1cccc(F)c1. The van der Waals surface area contributed by atoms with E-state index in [1.807, 2.05) is 36.4 Å². The van der Waals surface area contributed by atoms with Crippen molar-refractivity contribution in [2.75, 3.05) is 0 Å². The molecule has 3 heteroatoms. The average molecular weight is 216 g/mol. The highest BCUT2D eigenvalue weighted by molar-refractivity contribution is 5.31. The molecule has 0 unspecified atom stereocenters. The smallest absolute Gasteiger partial charge is 0.123 e. The van der Waals surface area contributed by atoms with Crippen LogP contribution < -0.4 is 11.3 Å². The third-order valence-electron chi connectivity index (χ3n) is 2.48. The van der Waals surface area contributed by atoms with Crippen LogP contribution in [-0.2, 0) is 0 Å². The standard InChI is InChI=1S/C13H13FN2/c14-12-8-4-7-11(9-12)13(16-15)10-5-2-1-3-6-10/h1-9,13,16H,15H2/t13-/m0/s1. The molecule has 3 N–H and O–H groups in total. The van der Waals surface area contributed by atoms with Gasteiger partial charge in [-0.15, -0.1) is 0 Å². The fourth-order valence-corrected chi connectivity index (χ4v) is 1.72. The van der Waals surface area contributed by atoms with Crippen molar-refractivity contribution >= 4 is 0 Å². The molecule has 0 bridgehead atoms. The third kappa shape index (κ3) is 2.27. The molecular weight excluding hydrogens is 203 g/mol. The number of benzene rings is 2. The van der Waals surface area contributed by atoms with Gasteiger partial charge in [0.05, 0.1) is 6.04 Å². The van der Waals surface area contributed by atoms with Gasteiger partial charge in [-0.25, -0.2) is 9.82 Å². The molecular formula is C13H13FN2. The number of nitrogens with two attached hydrogens (primary N) is 1. The van der Waals surface area contributed by atoms with Crippen molar-refractivity contribution in [3.05, 3.63) is 71.5 Å². The van der Waals surface area contributed by atoms with Gasteiger partial charge in [0.2, 0.25) is 0 Å². The largest absolute Gasteiger partial charge is 0.271 e. The first-order valence-electron chi connectivity index (χ1n) is 5.08. The summed E-state index contributed by atoms with van der Waals surface area (Å²) in [6.45, 7) is 0. The monoisotopic (exact) mass is 216 g/mol. The first-order valence-corrected chi connectivity index (χ1v) is 5.08. The van der Waals surface area contributed by atoms with Gasteiger partial charge in [-0.05, 0) is 23.3 Å². The lowest BCUT2D eigenvalue weighted by atomic mass is 9.99. The predicted molar refractivity (Wildman–Crippen MR) is 62.0 cm³/mol. The summed E-state index contributed by atoms with van der Waals surface area (Å²) < 4.78 is 13.1. The number of halogens is 1. The molecule has 2 nitrogen and oxygen atoms in total. The van der Waals surface area contributed by atoms with E-state index in [-0.39, 0.29) is 11.9 Å². The highest BCUT2D eigenvalue weighted by atomic mass is 19.1. The predicted octanol–water partition coefficient (Wildman–Crippen LogP) is 2.38. The first-order chi connectivity index (χ1) is 7.81. The quantitative estimate of drug-likeness (QED) is 0.610. The van der Waals surface area contributed by atoms with Crippen LogP contribution in [0.4, 0.5) is 4.39 Å². The molecule has 0 spiro atoms. The minimum Gasteiger partial charge on any atom is -0.271 e. The van der Waals surface area contributed by atoms with E-state index in [1.165, 1.54) is 12.1 Å². The van der Waals surface area contributed by atoms with Gasteiger partial charge in [0.15, 0.2) is 0 Å². The van der Waals surface area contributed by atoms with E-state index in [1.54, 1.807) is 6.07 Å². The van der Waals surface area contributed by atoms with Crippen LogP contribution in [0.15, 0.2) is 54.6 Å². The van der Waals surface area contributed by atoms with Gasteiger partial charge in [0, 0.05) is 0 Å². The zero-order valence-corrected chi connectivity index (χ0v) is 8.73. The molecule has 0 saturated carbocycles. The number of hydrogen-bond donors (Lipinski definition) is 2. The van der Waals surface area contributed by atoms with Crippen LogP contribution in [-0.4, -0.2) is 0 Å². The van der Waals surface area contributed by atoms with Crippen molar-refractivity contribution in [1.82, 2.24) is 5.43 Å². The minimum absolute atomic E-state index is 0.183. The van der Waals surface area contributed by atoms with E-state index < -0.39 is 0 Å². The Labute approximate surface area is 93.9 Å². The summed E-state index contributed by atoms with van der Waals surface area (Å²) in [5.41, 5.74) is 4.52. The summed E-state index contributed by atoms with van der Waals surface area (Å²) in [4.78, 5) is 0. The maximum absolute atomic E-state index is 13.1. The Balaban J connectivity index is 2.37. The molecule has 16 heavy (non-hydrogen) atoms. The molecule has 1 atom stereocenters. The number of nitrogens with one attached hydrogen (secondary N) is 1. The lowest BCUT2D eigenvalue weighted by molar-refractivity contribution is 0.605. The minimum atomic E-state index is -0.256. The number of rotatable bonds is 3. The maximum Gasteiger partial charge on any atom is 0.123 e. The Bertz CT molecular complexity index is 456. The summed E-state index contributed by atoms with van der Waals surface area (Å²) in [5.74, 6) is 5.26. The summed E-state index contributed by atoms with van der Waals surface area (Å²) >= 11 is 0. The van der Waals surface area contributed by atoms with E-state index in [2.05, 4.69) is 5.43 Å². The second kappa shape index (κ2) is 4.88. The molecule has 2 rings (SSSR count). The molecule has 0 aliphatic carbocycles. The van der Waals surface area contributed by atoms with Crippen LogP contribution in [0.2, 0.25) is 0 Å². The Morgan fingerprint density at radius 1 is 0.938 bits per heavy atom. The summed E-state index contributed by atoms with van der Waals surface area (Å²) in [6.07, 6.45) is 0. The molecule has 82 valence electrons. The lowest BCUT2D eigenvalue weighted by Crippen LogP contribution is -2.28. The Hall–Kier alpha value is -1.71. The van der Waals surface area contributed by atoms with Gasteiger partial charge in [0.1, 0.15) is 5.82 Å². The van der Waals surface area contributed by atoms with Crippen molar-refractivity contribution in [2.24, 2.45) is 5.84 Å². The van der Waals surface area contributed by atoms with Gasteiger partial charge in [-0.3, -0.25) is 5.84 Å². The first kappa shape index (κ1) is 10.8. The van der Waals surface area contributed by atoms with Crippen molar-refractivity contribution in [2.45, 2.75) is 6.04 Å². The highest BCUT2D eigenvalue weighted by Gasteiger charge is 2.11. The third-order valence-corrected chi connectivity index (χ3v) is 2.48. The van der Waals surface area contributed by atoms with Gasteiger partial charge >= 0.3 is 0 Å². The molecule has 2 aromatic rings. The number of hydrazine groups is 1. The van der Waals surface area contributed by atoms with Crippen molar-refractivity contribution in [1.29, 1.82) is 0 Å². The van der Waals surface area contributed by atoms with Crippen LogP contribution in [0, 0.1) is 5.82 Å². The lowest BCUT2D eigenvalue weighted by Gasteiger charge is -2.16. The van der Waals surface area contributed by atoms with E-state index in [0.717, 1.165) is 11.1 Å². The second-order valence-electron chi connectivity index (χ2n) is 3.57.